The second-order valence-electron chi connectivity index (χ2n) is 4.43. The van der Waals surface area contributed by atoms with Crippen LogP contribution in [0.25, 0.3) is 0 Å². The van der Waals surface area contributed by atoms with Crippen molar-refractivity contribution >= 4 is 12.0 Å². The van der Waals surface area contributed by atoms with Crippen LogP contribution in [0.2, 0.25) is 0 Å². The van der Waals surface area contributed by atoms with Crippen LogP contribution in [-0.2, 0) is 9.53 Å². The molecule has 2 aliphatic heterocycles. The minimum atomic E-state index is -0.309. The molecule has 0 spiro atoms. The molecular formula is C11H19N3O3. The van der Waals surface area contributed by atoms with Gasteiger partial charge < -0.3 is 19.9 Å². The minimum absolute atomic E-state index is 0.0142. The van der Waals surface area contributed by atoms with Crippen LogP contribution >= 0.6 is 0 Å². The third kappa shape index (κ3) is 2.69. The minimum Gasteiger partial charge on any atom is -0.453 e. The number of hydrogen-bond acceptors (Lipinski definition) is 4. The van der Waals surface area contributed by atoms with Gasteiger partial charge in [-0.15, -0.1) is 0 Å². The van der Waals surface area contributed by atoms with Crippen LogP contribution in [0.5, 0.6) is 0 Å². The van der Waals surface area contributed by atoms with E-state index in [4.69, 9.17) is 0 Å². The van der Waals surface area contributed by atoms with Crippen molar-refractivity contribution in [2.45, 2.75) is 18.9 Å². The molecule has 96 valence electrons. The molecule has 1 atom stereocenters. The van der Waals surface area contributed by atoms with Crippen LogP contribution in [0.3, 0.4) is 0 Å². The summed E-state index contributed by atoms with van der Waals surface area (Å²) < 4.78 is 4.66. The van der Waals surface area contributed by atoms with E-state index in [1.165, 1.54) is 7.11 Å². The molecule has 0 aromatic rings. The fourth-order valence-electron chi connectivity index (χ4n) is 2.35. The first-order valence-corrected chi connectivity index (χ1v) is 6.07. The van der Waals surface area contributed by atoms with Crippen molar-refractivity contribution in [1.82, 2.24) is 15.1 Å². The summed E-state index contributed by atoms with van der Waals surface area (Å²) in [4.78, 5) is 26.8. The fourth-order valence-corrected chi connectivity index (χ4v) is 2.35. The highest BCUT2D eigenvalue weighted by atomic mass is 16.5. The molecule has 2 fully saturated rings. The van der Waals surface area contributed by atoms with Gasteiger partial charge in [-0.05, 0) is 19.4 Å². The van der Waals surface area contributed by atoms with Gasteiger partial charge >= 0.3 is 6.09 Å². The van der Waals surface area contributed by atoms with E-state index in [0.29, 0.717) is 26.2 Å². The van der Waals surface area contributed by atoms with Gasteiger partial charge in [-0.2, -0.15) is 0 Å². The number of carbonyl (C=O) groups excluding carboxylic acids is 2. The maximum absolute atomic E-state index is 12.1. The smallest absolute Gasteiger partial charge is 0.409 e. The number of hydrogen-bond donors (Lipinski definition) is 1. The Hall–Kier alpha value is -1.30. The Morgan fingerprint density at radius 3 is 2.35 bits per heavy atom. The van der Waals surface area contributed by atoms with Gasteiger partial charge in [-0.25, -0.2) is 4.79 Å². The van der Waals surface area contributed by atoms with E-state index in [0.717, 1.165) is 19.4 Å². The molecule has 1 unspecified atom stereocenters. The Labute approximate surface area is 101 Å². The van der Waals surface area contributed by atoms with Gasteiger partial charge in [-0.3, -0.25) is 4.79 Å². The number of methoxy groups -OCH3 is 1. The summed E-state index contributed by atoms with van der Waals surface area (Å²) in [7, 11) is 1.38. The molecule has 17 heavy (non-hydrogen) atoms. The molecule has 0 aliphatic carbocycles. The number of nitrogens with one attached hydrogen (secondary N) is 1. The normalized spacial score (nSPS) is 24.9. The summed E-state index contributed by atoms with van der Waals surface area (Å²) in [6, 6.07) is -0.0142. The highest BCUT2D eigenvalue weighted by Crippen LogP contribution is 2.11. The van der Waals surface area contributed by atoms with E-state index >= 15 is 0 Å². The van der Waals surface area contributed by atoms with Gasteiger partial charge in [0.2, 0.25) is 5.91 Å². The molecule has 0 aromatic carbocycles. The van der Waals surface area contributed by atoms with Gasteiger partial charge in [-0.1, -0.05) is 0 Å². The van der Waals surface area contributed by atoms with Crippen LogP contribution in [0.15, 0.2) is 0 Å². The topological polar surface area (TPSA) is 61.9 Å². The van der Waals surface area contributed by atoms with Crippen molar-refractivity contribution in [3.05, 3.63) is 0 Å². The Kier molecular flexibility index (Phi) is 3.83. The van der Waals surface area contributed by atoms with Crippen LogP contribution in [0.1, 0.15) is 12.8 Å². The zero-order valence-electron chi connectivity index (χ0n) is 10.1. The number of ether oxygens (including phenoxy) is 1. The van der Waals surface area contributed by atoms with E-state index in [9.17, 15) is 9.59 Å². The molecule has 0 bridgehead atoms. The van der Waals surface area contributed by atoms with Gasteiger partial charge in [0.25, 0.3) is 0 Å². The van der Waals surface area contributed by atoms with Crippen molar-refractivity contribution < 1.29 is 14.3 Å². The van der Waals surface area contributed by atoms with E-state index in [1.54, 1.807) is 4.90 Å². The van der Waals surface area contributed by atoms with Crippen molar-refractivity contribution in [2.24, 2.45) is 0 Å². The predicted octanol–water partition coefficient (Wildman–Crippen LogP) is -0.351. The Morgan fingerprint density at radius 2 is 1.82 bits per heavy atom. The zero-order valence-corrected chi connectivity index (χ0v) is 10.1. The molecule has 2 heterocycles. The molecule has 0 aromatic heterocycles. The lowest BCUT2D eigenvalue weighted by atomic mass is 10.2. The third-order valence-corrected chi connectivity index (χ3v) is 3.38. The number of carbonyl (C=O) groups is 2. The second kappa shape index (κ2) is 5.35. The van der Waals surface area contributed by atoms with Crippen LogP contribution < -0.4 is 5.32 Å². The largest absolute Gasteiger partial charge is 0.453 e. The van der Waals surface area contributed by atoms with Gasteiger partial charge in [0.05, 0.1) is 13.2 Å². The van der Waals surface area contributed by atoms with Crippen LogP contribution in [0, 0.1) is 0 Å². The number of rotatable bonds is 1. The SMILES string of the molecule is COC(=O)N1CCN(C(=O)C2CCCN2)CC1. The summed E-state index contributed by atoms with van der Waals surface area (Å²) >= 11 is 0. The summed E-state index contributed by atoms with van der Waals surface area (Å²) in [6.07, 6.45) is 1.69. The standard InChI is InChI=1S/C11H19N3O3/c1-17-11(16)14-7-5-13(6-8-14)10(15)9-3-2-4-12-9/h9,12H,2-8H2,1H3. The fraction of sp³-hybridized carbons (Fsp3) is 0.818. The summed E-state index contributed by atoms with van der Waals surface area (Å²) in [6.45, 7) is 3.26. The summed E-state index contributed by atoms with van der Waals surface area (Å²) in [5.74, 6) is 0.173. The van der Waals surface area contributed by atoms with E-state index in [-0.39, 0.29) is 18.0 Å². The molecule has 6 nitrogen and oxygen atoms in total. The average Bonchev–Trinajstić information content (AvgIpc) is 2.91. The first-order chi connectivity index (χ1) is 8.22. The lowest BCUT2D eigenvalue weighted by molar-refractivity contribution is -0.134. The Bertz CT molecular complexity index is 294. The zero-order chi connectivity index (χ0) is 12.3. The summed E-state index contributed by atoms with van der Waals surface area (Å²) in [5, 5.41) is 3.20. The molecule has 2 saturated heterocycles. The van der Waals surface area contributed by atoms with Gasteiger partial charge in [0.15, 0.2) is 0 Å². The number of piperazine rings is 1. The van der Waals surface area contributed by atoms with Gasteiger partial charge in [0, 0.05) is 26.2 Å². The number of amides is 2. The predicted molar refractivity (Wildman–Crippen MR) is 61.6 cm³/mol. The number of nitrogens with zero attached hydrogens (tertiary/aromatic N) is 2. The van der Waals surface area contributed by atoms with Crippen LogP contribution in [0.4, 0.5) is 4.79 Å². The van der Waals surface area contributed by atoms with Gasteiger partial charge in [0.1, 0.15) is 0 Å². The molecule has 6 heteroatoms. The third-order valence-electron chi connectivity index (χ3n) is 3.38. The van der Waals surface area contributed by atoms with Crippen molar-refractivity contribution in [2.75, 3.05) is 39.8 Å². The van der Waals surface area contributed by atoms with E-state index in [2.05, 4.69) is 10.1 Å². The molecule has 1 N–H and O–H groups in total. The average molecular weight is 241 g/mol. The maximum atomic E-state index is 12.1. The monoisotopic (exact) mass is 241 g/mol. The van der Waals surface area contributed by atoms with E-state index < -0.39 is 0 Å². The van der Waals surface area contributed by atoms with Crippen LogP contribution in [-0.4, -0.2) is 67.7 Å². The Morgan fingerprint density at radius 1 is 1.18 bits per heavy atom. The molecule has 0 saturated carbocycles. The summed E-state index contributed by atoms with van der Waals surface area (Å²) in [5.41, 5.74) is 0. The molecule has 2 rings (SSSR count). The molecule has 2 amide bonds. The lowest BCUT2D eigenvalue weighted by Gasteiger charge is -2.35. The van der Waals surface area contributed by atoms with Crippen molar-refractivity contribution in [1.29, 1.82) is 0 Å². The van der Waals surface area contributed by atoms with Crippen molar-refractivity contribution in [3.8, 4) is 0 Å². The molecule has 2 aliphatic rings. The first-order valence-electron chi connectivity index (χ1n) is 6.07. The molecular weight excluding hydrogens is 222 g/mol. The molecule has 0 radical (unpaired) electrons. The highest BCUT2D eigenvalue weighted by molar-refractivity contribution is 5.82. The lowest BCUT2D eigenvalue weighted by Crippen LogP contribution is -2.54. The first kappa shape index (κ1) is 12.2. The second-order valence-corrected chi connectivity index (χ2v) is 4.43. The quantitative estimate of drug-likeness (QED) is 0.681. The van der Waals surface area contributed by atoms with E-state index in [1.807, 2.05) is 4.90 Å². The van der Waals surface area contributed by atoms with Crippen molar-refractivity contribution in [3.63, 3.8) is 0 Å². The highest BCUT2D eigenvalue weighted by Gasteiger charge is 2.30. The Balaban J connectivity index is 1.82. The maximum Gasteiger partial charge on any atom is 0.409 e.